The second-order valence-electron chi connectivity index (χ2n) is 16.8. The fraction of sp³-hybridized carbons (Fsp3) is 0. The predicted molar refractivity (Wildman–Crippen MR) is 266 cm³/mol. The van der Waals surface area contributed by atoms with Gasteiger partial charge in [-0.3, -0.25) is 0 Å². The Morgan fingerprint density at radius 3 is 1.08 bits per heavy atom. The van der Waals surface area contributed by atoms with Gasteiger partial charge in [-0.15, -0.1) is 0 Å². The highest BCUT2D eigenvalue weighted by atomic mass is 16.3. The SMILES string of the molecule is c1ccc(-n2c3ccc(-c4ccc5oc6ccccc6c5c4)cc3c3c(-c4cccc5c4c4cc(-c6ccc7oc8ccccc8c7c6)ccc4n5-c4ccccc4)cccc32)cc1. The first kappa shape index (κ1) is 35.0. The van der Waals surface area contributed by atoms with Crippen molar-refractivity contribution in [3.8, 4) is 44.8 Å². The molecule has 0 fully saturated rings. The van der Waals surface area contributed by atoms with Gasteiger partial charge in [0.15, 0.2) is 0 Å². The number of hydrogen-bond donors (Lipinski definition) is 0. The van der Waals surface area contributed by atoms with Crippen LogP contribution in [0, 0.1) is 0 Å². The van der Waals surface area contributed by atoms with E-state index in [1.165, 1.54) is 32.7 Å². The summed E-state index contributed by atoms with van der Waals surface area (Å²) in [5.41, 5.74) is 17.5. The van der Waals surface area contributed by atoms with Crippen molar-refractivity contribution in [2.75, 3.05) is 0 Å². The van der Waals surface area contributed by atoms with E-state index in [2.05, 4.69) is 203 Å². The smallest absolute Gasteiger partial charge is 0.135 e. The average molecular weight is 817 g/mol. The lowest BCUT2D eigenvalue weighted by atomic mass is 9.93. The average Bonchev–Trinajstić information content (AvgIpc) is 4.11. The minimum Gasteiger partial charge on any atom is -0.456 e. The van der Waals surface area contributed by atoms with Gasteiger partial charge in [-0.2, -0.15) is 0 Å². The molecular formula is C60H36N2O2. The van der Waals surface area contributed by atoms with Crippen LogP contribution in [0.3, 0.4) is 0 Å². The molecule has 0 N–H and O–H groups in total. The molecule has 4 heterocycles. The van der Waals surface area contributed by atoms with Crippen molar-refractivity contribution >= 4 is 87.5 Å². The molecule has 0 saturated heterocycles. The Kier molecular flexibility index (Phi) is 7.36. The molecule has 4 heteroatoms. The van der Waals surface area contributed by atoms with E-state index in [1.54, 1.807) is 0 Å². The zero-order valence-electron chi connectivity index (χ0n) is 34.5. The lowest BCUT2D eigenvalue weighted by Gasteiger charge is -2.10. The molecule has 0 amide bonds. The fourth-order valence-corrected chi connectivity index (χ4v) is 10.5. The molecule has 0 aliphatic rings. The summed E-state index contributed by atoms with van der Waals surface area (Å²) in [6.07, 6.45) is 0. The highest BCUT2D eigenvalue weighted by Gasteiger charge is 2.22. The largest absolute Gasteiger partial charge is 0.456 e. The zero-order valence-corrected chi connectivity index (χ0v) is 34.5. The van der Waals surface area contributed by atoms with Crippen molar-refractivity contribution in [1.29, 1.82) is 0 Å². The third-order valence-corrected chi connectivity index (χ3v) is 13.3. The van der Waals surface area contributed by atoms with Gasteiger partial charge in [0.1, 0.15) is 22.3 Å². The van der Waals surface area contributed by atoms with Crippen LogP contribution >= 0.6 is 0 Å². The van der Waals surface area contributed by atoms with Crippen LogP contribution in [0.4, 0.5) is 0 Å². The van der Waals surface area contributed by atoms with Gasteiger partial charge in [0, 0.05) is 54.5 Å². The Balaban J connectivity index is 1.05. The van der Waals surface area contributed by atoms with E-state index in [0.29, 0.717) is 0 Å². The molecule has 14 rings (SSSR count). The molecule has 0 saturated carbocycles. The highest BCUT2D eigenvalue weighted by Crippen LogP contribution is 2.46. The lowest BCUT2D eigenvalue weighted by Crippen LogP contribution is -1.93. The van der Waals surface area contributed by atoms with Crippen molar-refractivity contribution in [3.05, 3.63) is 218 Å². The molecule has 0 atom stereocenters. The predicted octanol–water partition coefficient (Wildman–Crippen LogP) is 16.7. The van der Waals surface area contributed by atoms with E-state index in [9.17, 15) is 0 Å². The number of benzene rings is 10. The van der Waals surface area contributed by atoms with Crippen LogP contribution in [0.5, 0.6) is 0 Å². The Morgan fingerprint density at radius 1 is 0.250 bits per heavy atom. The minimum atomic E-state index is 0.899. The van der Waals surface area contributed by atoms with Crippen molar-refractivity contribution in [2.45, 2.75) is 0 Å². The monoisotopic (exact) mass is 816 g/mol. The maximum Gasteiger partial charge on any atom is 0.135 e. The van der Waals surface area contributed by atoms with Crippen LogP contribution < -0.4 is 0 Å². The van der Waals surface area contributed by atoms with E-state index in [0.717, 1.165) is 99.6 Å². The quantitative estimate of drug-likeness (QED) is 0.173. The van der Waals surface area contributed by atoms with Crippen molar-refractivity contribution < 1.29 is 8.83 Å². The first-order valence-electron chi connectivity index (χ1n) is 21.8. The number of furan rings is 2. The van der Waals surface area contributed by atoms with Gasteiger partial charge >= 0.3 is 0 Å². The number of nitrogens with zero attached hydrogens (tertiary/aromatic N) is 2. The Morgan fingerprint density at radius 2 is 0.625 bits per heavy atom. The maximum absolute atomic E-state index is 6.24. The molecule has 4 aromatic heterocycles. The van der Waals surface area contributed by atoms with Crippen molar-refractivity contribution in [3.63, 3.8) is 0 Å². The Bertz CT molecular complexity index is 3910. The van der Waals surface area contributed by atoms with Gasteiger partial charge in [0.25, 0.3) is 0 Å². The standard InChI is InChI=1S/C60H36N2O2/c1-3-13-41(14-4-1)61-51-29-25-37(39-27-31-57-47(33-39)43-17-7-9-23-55(43)63-57)35-49(51)59-45(19-11-21-53(59)61)46-20-12-22-54-60(46)50-36-38(26-30-52(50)62(54)42-15-5-2-6-16-42)40-28-32-58-48(34-40)44-18-8-10-24-56(44)64-58/h1-36H. The van der Waals surface area contributed by atoms with Crippen LogP contribution in [-0.4, -0.2) is 9.13 Å². The van der Waals surface area contributed by atoms with E-state index < -0.39 is 0 Å². The maximum atomic E-state index is 6.24. The normalized spacial score (nSPS) is 12.1. The van der Waals surface area contributed by atoms with Crippen molar-refractivity contribution in [2.24, 2.45) is 0 Å². The zero-order chi connectivity index (χ0) is 41.9. The number of aromatic nitrogens is 2. The van der Waals surface area contributed by atoms with Gasteiger partial charge < -0.3 is 18.0 Å². The summed E-state index contributed by atoms with van der Waals surface area (Å²) in [6.45, 7) is 0. The van der Waals surface area contributed by atoms with Crippen LogP contribution in [-0.2, 0) is 0 Å². The van der Waals surface area contributed by atoms with E-state index in [1.807, 2.05) is 24.3 Å². The molecule has 64 heavy (non-hydrogen) atoms. The Hall–Kier alpha value is -8.60. The third-order valence-electron chi connectivity index (χ3n) is 13.3. The van der Waals surface area contributed by atoms with Gasteiger partial charge in [0.2, 0.25) is 0 Å². The van der Waals surface area contributed by atoms with Gasteiger partial charge in [-0.25, -0.2) is 0 Å². The topological polar surface area (TPSA) is 36.1 Å². The summed E-state index contributed by atoms with van der Waals surface area (Å²) in [4.78, 5) is 0. The van der Waals surface area contributed by atoms with E-state index in [-0.39, 0.29) is 0 Å². The molecule has 0 bridgehead atoms. The number of rotatable bonds is 5. The molecule has 10 aromatic carbocycles. The molecule has 0 radical (unpaired) electrons. The third kappa shape index (κ3) is 5.11. The molecular weight excluding hydrogens is 781 g/mol. The van der Waals surface area contributed by atoms with Crippen LogP contribution in [0.25, 0.3) is 132 Å². The lowest BCUT2D eigenvalue weighted by molar-refractivity contribution is 0.668. The fourth-order valence-electron chi connectivity index (χ4n) is 10.5. The van der Waals surface area contributed by atoms with Crippen LogP contribution in [0.15, 0.2) is 227 Å². The minimum absolute atomic E-state index is 0.899. The molecule has 4 nitrogen and oxygen atoms in total. The van der Waals surface area contributed by atoms with E-state index in [4.69, 9.17) is 8.83 Å². The van der Waals surface area contributed by atoms with Crippen LogP contribution in [0.1, 0.15) is 0 Å². The van der Waals surface area contributed by atoms with Gasteiger partial charge in [-0.1, -0.05) is 121 Å². The first-order chi connectivity index (χ1) is 31.7. The second kappa shape index (κ2) is 13.4. The summed E-state index contributed by atoms with van der Waals surface area (Å²) >= 11 is 0. The molecule has 0 unspecified atom stereocenters. The molecule has 14 aromatic rings. The van der Waals surface area contributed by atoms with E-state index >= 15 is 0 Å². The first-order valence-corrected chi connectivity index (χ1v) is 21.8. The summed E-state index contributed by atoms with van der Waals surface area (Å²) < 4.78 is 17.3. The van der Waals surface area contributed by atoms with Gasteiger partial charge in [0.05, 0.1) is 22.1 Å². The van der Waals surface area contributed by atoms with Crippen LogP contribution in [0.2, 0.25) is 0 Å². The number of fused-ring (bicyclic) bond motifs is 12. The Labute approximate surface area is 367 Å². The number of para-hydroxylation sites is 4. The molecule has 0 aliphatic heterocycles. The summed E-state index contributed by atoms with van der Waals surface area (Å²) in [7, 11) is 0. The number of hydrogen-bond acceptors (Lipinski definition) is 2. The second-order valence-corrected chi connectivity index (χ2v) is 16.8. The molecule has 298 valence electrons. The highest BCUT2D eigenvalue weighted by molar-refractivity contribution is 6.23. The van der Waals surface area contributed by atoms with Crippen molar-refractivity contribution in [1.82, 2.24) is 9.13 Å². The summed E-state index contributed by atoms with van der Waals surface area (Å²) in [5.74, 6) is 0. The van der Waals surface area contributed by atoms with Gasteiger partial charge in [-0.05, 0) is 130 Å². The molecule has 0 aliphatic carbocycles. The molecule has 0 spiro atoms. The summed E-state index contributed by atoms with van der Waals surface area (Å²) in [6, 6.07) is 78.8. The summed E-state index contributed by atoms with van der Waals surface area (Å²) in [5, 5.41) is 9.36.